The number of aliphatic imine (C=N–C) groups is 1. The van der Waals surface area contributed by atoms with Crippen molar-refractivity contribution in [1.29, 1.82) is 0 Å². The van der Waals surface area contributed by atoms with Crippen LogP contribution in [0.15, 0.2) is 33.8 Å². The van der Waals surface area contributed by atoms with E-state index in [0.717, 1.165) is 42.7 Å². The molecule has 1 saturated heterocycles. The molecule has 0 spiro atoms. The summed E-state index contributed by atoms with van der Waals surface area (Å²) < 4.78 is 10.8. The fourth-order valence-electron chi connectivity index (χ4n) is 3.27. The predicted molar refractivity (Wildman–Crippen MR) is 126 cm³/mol. The van der Waals surface area contributed by atoms with Crippen LogP contribution in [-0.4, -0.2) is 55.9 Å². The molecular weight excluding hydrogens is 483 g/mol. The average molecular weight is 514 g/mol. The van der Waals surface area contributed by atoms with Gasteiger partial charge in [0.15, 0.2) is 11.8 Å². The number of halogens is 1. The van der Waals surface area contributed by atoms with E-state index in [9.17, 15) is 0 Å². The number of rotatable bonds is 7. The van der Waals surface area contributed by atoms with Gasteiger partial charge in [-0.3, -0.25) is 4.99 Å². The van der Waals surface area contributed by atoms with Gasteiger partial charge in [-0.05, 0) is 18.6 Å². The molecule has 0 radical (unpaired) electrons. The second-order valence-electron chi connectivity index (χ2n) is 7.20. The van der Waals surface area contributed by atoms with Gasteiger partial charge in [0, 0.05) is 45.1 Å². The minimum atomic E-state index is 0. The highest BCUT2D eigenvalue weighted by atomic mass is 127. The van der Waals surface area contributed by atoms with Crippen molar-refractivity contribution in [3.63, 3.8) is 0 Å². The Labute approximate surface area is 189 Å². The van der Waals surface area contributed by atoms with Gasteiger partial charge in [0.05, 0.1) is 12.8 Å². The summed E-state index contributed by atoms with van der Waals surface area (Å²) in [6.07, 6.45) is 1.71. The third kappa shape index (κ3) is 6.22. The third-order valence-electron chi connectivity index (χ3n) is 4.81. The van der Waals surface area contributed by atoms with Crippen molar-refractivity contribution in [2.75, 3.05) is 38.7 Å². The zero-order valence-electron chi connectivity index (χ0n) is 17.5. The van der Waals surface area contributed by atoms with Gasteiger partial charge < -0.3 is 24.8 Å². The number of nitrogens with zero attached hydrogens (tertiary/aromatic N) is 4. The number of anilines is 1. The van der Waals surface area contributed by atoms with Gasteiger partial charge in [-0.25, -0.2) is 0 Å². The highest BCUT2D eigenvalue weighted by molar-refractivity contribution is 14.0. The molecule has 3 rings (SSSR count). The molecule has 2 N–H and O–H groups in total. The summed E-state index contributed by atoms with van der Waals surface area (Å²) in [6, 6.07) is 8.46. The van der Waals surface area contributed by atoms with E-state index in [4.69, 9.17) is 9.26 Å². The summed E-state index contributed by atoms with van der Waals surface area (Å²) >= 11 is 0. The lowest BCUT2D eigenvalue weighted by Gasteiger charge is -2.22. The Balaban J connectivity index is 0.00000300. The van der Waals surface area contributed by atoms with Crippen LogP contribution in [0.3, 0.4) is 0 Å². The molecule has 9 heteroatoms. The fourth-order valence-corrected chi connectivity index (χ4v) is 3.27. The third-order valence-corrected chi connectivity index (χ3v) is 4.81. The molecule has 1 unspecified atom stereocenters. The van der Waals surface area contributed by atoms with Crippen LogP contribution in [-0.2, 0) is 6.42 Å². The first-order valence-electron chi connectivity index (χ1n) is 9.78. The van der Waals surface area contributed by atoms with Crippen LogP contribution < -0.4 is 20.3 Å². The van der Waals surface area contributed by atoms with Gasteiger partial charge in [0.2, 0.25) is 5.89 Å². The maximum atomic E-state index is 5.49. The first kappa shape index (κ1) is 23.2. The summed E-state index contributed by atoms with van der Waals surface area (Å²) in [5.74, 6) is 3.37. The Hall–Kier alpha value is -2.04. The second kappa shape index (κ2) is 11.2. The van der Waals surface area contributed by atoms with E-state index >= 15 is 0 Å². The molecule has 1 aromatic heterocycles. The van der Waals surface area contributed by atoms with Gasteiger partial charge in [-0.15, -0.1) is 24.0 Å². The number of benzene rings is 1. The molecule has 0 aliphatic carbocycles. The van der Waals surface area contributed by atoms with Gasteiger partial charge in [0.1, 0.15) is 5.75 Å². The SMILES string of the molecule is CN=C(NCCc1nc(C(C)C)no1)NC1CCN(c2ccccc2OC)C1.I. The monoisotopic (exact) mass is 514 g/mol. The van der Waals surface area contributed by atoms with E-state index < -0.39 is 0 Å². The number of hydrogen-bond donors (Lipinski definition) is 2. The number of hydrogen-bond acceptors (Lipinski definition) is 6. The molecule has 0 saturated carbocycles. The Morgan fingerprint density at radius 3 is 2.86 bits per heavy atom. The minimum absolute atomic E-state index is 0. The quantitative estimate of drug-likeness (QED) is 0.334. The van der Waals surface area contributed by atoms with Gasteiger partial charge in [-0.2, -0.15) is 4.98 Å². The zero-order chi connectivity index (χ0) is 19.9. The van der Waals surface area contributed by atoms with Gasteiger partial charge in [0.25, 0.3) is 0 Å². The number of guanidine groups is 1. The van der Waals surface area contributed by atoms with Gasteiger partial charge >= 0.3 is 0 Å². The van der Waals surface area contributed by atoms with Crippen LogP contribution in [0.2, 0.25) is 0 Å². The van der Waals surface area contributed by atoms with Crippen LogP contribution in [0.5, 0.6) is 5.75 Å². The number of methoxy groups -OCH3 is 1. The molecule has 0 amide bonds. The topological polar surface area (TPSA) is 87.8 Å². The molecule has 160 valence electrons. The van der Waals surface area contributed by atoms with E-state index in [-0.39, 0.29) is 29.9 Å². The van der Waals surface area contributed by atoms with E-state index in [1.54, 1.807) is 14.2 Å². The largest absolute Gasteiger partial charge is 0.495 e. The lowest BCUT2D eigenvalue weighted by Crippen LogP contribution is -2.45. The first-order valence-corrected chi connectivity index (χ1v) is 9.78. The highest BCUT2D eigenvalue weighted by Gasteiger charge is 2.25. The van der Waals surface area contributed by atoms with Crippen molar-refractivity contribution in [3.8, 4) is 5.75 Å². The summed E-state index contributed by atoms with van der Waals surface area (Å²) in [4.78, 5) is 11.1. The normalized spacial score (nSPS) is 16.7. The number of para-hydroxylation sites is 2. The second-order valence-corrected chi connectivity index (χ2v) is 7.20. The van der Waals surface area contributed by atoms with E-state index in [1.165, 1.54) is 0 Å². The summed E-state index contributed by atoms with van der Waals surface area (Å²) in [6.45, 7) is 6.67. The zero-order valence-corrected chi connectivity index (χ0v) is 19.8. The average Bonchev–Trinajstić information content (AvgIpc) is 3.37. The molecule has 1 aromatic carbocycles. The van der Waals surface area contributed by atoms with Crippen LogP contribution in [0.25, 0.3) is 0 Å². The van der Waals surface area contributed by atoms with E-state index in [2.05, 4.69) is 50.6 Å². The predicted octanol–water partition coefficient (Wildman–Crippen LogP) is 2.81. The van der Waals surface area contributed by atoms with Crippen molar-refractivity contribution < 1.29 is 9.26 Å². The molecule has 1 fully saturated rings. The lowest BCUT2D eigenvalue weighted by molar-refractivity contribution is 0.371. The minimum Gasteiger partial charge on any atom is -0.495 e. The van der Waals surface area contributed by atoms with Crippen molar-refractivity contribution in [2.24, 2.45) is 4.99 Å². The summed E-state index contributed by atoms with van der Waals surface area (Å²) in [5, 5.41) is 10.8. The van der Waals surface area contributed by atoms with Crippen LogP contribution in [0.4, 0.5) is 5.69 Å². The maximum absolute atomic E-state index is 5.49. The van der Waals surface area contributed by atoms with E-state index in [0.29, 0.717) is 24.9 Å². The summed E-state index contributed by atoms with van der Waals surface area (Å²) in [7, 11) is 3.50. The van der Waals surface area contributed by atoms with Crippen molar-refractivity contribution in [3.05, 3.63) is 36.0 Å². The molecule has 2 aromatic rings. The van der Waals surface area contributed by atoms with Crippen LogP contribution >= 0.6 is 24.0 Å². The van der Waals surface area contributed by atoms with Crippen molar-refractivity contribution >= 4 is 35.6 Å². The standard InChI is InChI=1S/C20H30N6O2.HI/c1-14(2)19-24-18(28-25-19)9-11-22-20(21-3)23-15-10-12-26(13-15)16-7-5-6-8-17(16)27-4;/h5-8,14-15H,9-13H2,1-4H3,(H2,21,22,23);1H. The lowest BCUT2D eigenvalue weighted by atomic mass is 10.2. The molecular formula is C20H31IN6O2. The molecule has 0 bridgehead atoms. The Bertz CT molecular complexity index is 795. The van der Waals surface area contributed by atoms with Crippen molar-refractivity contribution in [2.45, 2.75) is 38.6 Å². The summed E-state index contributed by atoms with van der Waals surface area (Å²) in [5.41, 5.74) is 1.13. The first-order chi connectivity index (χ1) is 13.6. The molecule has 1 aliphatic rings. The molecule has 29 heavy (non-hydrogen) atoms. The Kier molecular flexibility index (Phi) is 8.99. The van der Waals surface area contributed by atoms with E-state index in [1.807, 2.05) is 18.2 Å². The molecule has 8 nitrogen and oxygen atoms in total. The number of ether oxygens (including phenoxy) is 1. The fraction of sp³-hybridized carbons (Fsp3) is 0.550. The Morgan fingerprint density at radius 1 is 1.38 bits per heavy atom. The molecule has 2 heterocycles. The maximum Gasteiger partial charge on any atom is 0.228 e. The number of nitrogens with one attached hydrogen (secondary N) is 2. The number of aromatic nitrogens is 2. The van der Waals surface area contributed by atoms with Crippen LogP contribution in [0, 0.1) is 0 Å². The molecule has 1 aliphatic heterocycles. The van der Waals surface area contributed by atoms with Crippen molar-refractivity contribution in [1.82, 2.24) is 20.8 Å². The van der Waals surface area contributed by atoms with Gasteiger partial charge in [-0.1, -0.05) is 31.1 Å². The molecule has 1 atom stereocenters. The van der Waals surface area contributed by atoms with Crippen LogP contribution in [0.1, 0.15) is 37.9 Å². The Morgan fingerprint density at radius 2 is 2.17 bits per heavy atom. The highest BCUT2D eigenvalue weighted by Crippen LogP contribution is 2.30. The smallest absolute Gasteiger partial charge is 0.228 e.